The molecule has 1 aliphatic rings. The minimum Gasteiger partial charge on any atom is -0.493 e. The van der Waals surface area contributed by atoms with Crippen molar-refractivity contribution < 1.29 is 14.3 Å². The molecule has 0 saturated heterocycles. The molecule has 0 radical (unpaired) electrons. The molecule has 2 atom stereocenters. The maximum atomic E-state index is 12.8. The highest BCUT2D eigenvalue weighted by molar-refractivity contribution is 6.30. The molecule has 5 rings (SSSR count). The van der Waals surface area contributed by atoms with E-state index >= 15 is 0 Å². The van der Waals surface area contributed by atoms with Gasteiger partial charge in [0.05, 0.1) is 32.7 Å². The van der Waals surface area contributed by atoms with Gasteiger partial charge in [0.2, 0.25) is 11.9 Å². The molecular formula is C27H26ClN5O3. The van der Waals surface area contributed by atoms with Crippen molar-refractivity contribution >= 4 is 29.4 Å². The molecule has 1 aliphatic heterocycles. The summed E-state index contributed by atoms with van der Waals surface area (Å²) in [5.41, 5.74) is 3.01. The lowest BCUT2D eigenvalue weighted by molar-refractivity contribution is -0.115. The molecule has 0 spiro atoms. The molecule has 4 aromatic rings. The molecule has 1 amide bonds. The number of carbonyl (C=O) groups excluding carboxylic acids is 1. The first kappa shape index (κ1) is 23.7. The average Bonchev–Trinajstić information content (AvgIpc) is 3.31. The zero-order chi connectivity index (χ0) is 25.1. The van der Waals surface area contributed by atoms with Crippen molar-refractivity contribution in [3.8, 4) is 11.5 Å². The van der Waals surface area contributed by atoms with Crippen LogP contribution >= 0.6 is 11.6 Å². The standard InChI is InChI=1S/C27H26ClN5O3/c1-35-23-13-8-17(14-24(23)36-2)15-25(34)30-26-31-27-29-21(18-9-11-20(28)12-10-18)16-22(33(27)32-26)19-6-4-3-5-7-19/h3-14,21-22H,15-16H2,1-2H3,(H2,29,30,31,32,34)/t21-,22+/m1/s1. The predicted octanol–water partition coefficient (Wildman–Crippen LogP) is 5.28. The molecule has 36 heavy (non-hydrogen) atoms. The topological polar surface area (TPSA) is 90.3 Å². The largest absolute Gasteiger partial charge is 0.493 e. The number of ether oxygens (including phenoxy) is 2. The van der Waals surface area contributed by atoms with Gasteiger partial charge in [0.1, 0.15) is 0 Å². The molecule has 2 N–H and O–H groups in total. The van der Waals surface area contributed by atoms with Gasteiger partial charge in [-0.25, -0.2) is 4.68 Å². The van der Waals surface area contributed by atoms with Crippen molar-refractivity contribution in [2.24, 2.45) is 0 Å². The zero-order valence-electron chi connectivity index (χ0n) is 19.9. The van der Waals surface area contributed by atoms with E-state index in [1.54, 1.807) is 26.4 Å². The number of methoxy groups -OCH3 is 2. The van der Waals surface area contributed by atoms with Crippen LogP contribution in [-0.2, 0) is 11.2 Å². The molecule has 0 unspecified atom stereocenters. The van der Waals surface area contributed by atoms with Crippen molar-refractivity contribution in [2.45, 2.75) is 24.9 Å². The third-order valence-corrected chi connectivity index (χ3v) is 6.46. The van der Waals surface area contributed by atoms with Gasteiger partial charge in [-0.15, -0.1) is 5.10 Å². The lowest BCUT2D eigenvalue weighted by atomic mass is 9.93. The van der Waals surface area contributed by atoms with E-state index in [0.29, 0.717) is 22.5 Å². The van der Waals surface area contributed by atoms with Crippen molar-refractivity contribution in [3.63, 3.8) is 0 Å². The van der Waals surface area contributed by atoms with Crippen molar-refractivity contribution in [1.82, 2.24) is 14.8 Å². The number of nitrogens with one attached hydrogen (secondary N) is 2. The number of aromatic nitrogens is 3. The van der Waals surface area contributed by atoms with Gasteiger partial charge < -0.3 is 14.8 Å². The SMILES string of the molecule is COc1ccc(CC(=O)Nc2nc3n(n2)[C@H](c2ccccc2)C[C@H](c2ccc(Cl)cc2)N3)cc1OC. The average molecular weight is 504 g/mol. The number of hydrogen-bond donors (Lipinski definition) is 2. The van der Waals surface area contributed by atoms with E-state index < -0.39 is 0 Å². The van der Waals surface area contributed by atoms with Crippen LogP contribution in [0.2, 0.25) is 5.02 Å². The maximum Gasteiger partial charge on any atom is 0.250 e. The van der Waals surface area contributed by atoms with Gasteiger partial charge in [0, 0.05) is 5.02 Å². The van der Waals surface area contributed by atoms with Crippen LogP contribution in [0.3, 0.4) is 0 Å². The number of nitrogens with zero attached hydrogens (tertiary/aromatic N) is 3. The Labute approximate surface area is 214 Å². The second kappa shape index (κ2) is 10.3. The van der Waals surface area contributed by atoms with Crippen LogP contribution in [0, 0.1) is 0 Å². The van der Waals surface area contributed by atoms with Gasteiger partial charge in [-0.2, -0.15) is 4.98 Å². The highest BCUT2D eigenvalue weighted by Gasteiger charge is 2.31. The normalized spacial score (nSPS) is 16.5. The Morgan fingerprint density at radius 3 is 2.50 bits per heavy atom. The number of rotatable bonds is 7. The number of benzene rings is 3. The lowest BCUT2D eigenvalue weighted by Gasteiger charge is -2.31. The molecule has 184 valence electrons. The summed E-state index contributed by atoms with van der Waals surface area (Å²) in [6.45, 7) is 0. The van der Waals surface area contributed by atoms with Gasteiger partial charge in [0.15, 0.2) is 11.5 Å². The monoisotopic (exact) mass is 503 g/mol. The van der Waals surface area contributed by atoms with Crippen molar-refractivity contribution in [3.05, 3.63) is 94.5 Å². The van der Waals surface area contributed by atoms with E-state index in [1.165, 1.54) is 0 Å². The Morgan fingerprint density at radius 1 is 1.03 bits per heavy atom. The Bertz CT molecular complexity index is 1360. The van der Waals surface area contributed by atoms with E-state index in [2.05, 4.69) is 32.8 Å². The van der Waals surface area contributed by atoms with Gasteiger partial charge in [-0.3, -0.25) is 10.1 Å². The maximum absolute atomic E-state index is 12.8. The van der Waals surface area contributed by atoms with Crippen LogP contribution in [0.5, 0.6) is 11.5 Å². The number of hydrogen-bond acceptors (Lipinski definition) is 6. The number of halogens is 1. The van der Waals surface area contributed by atoms with Crippen LogP contribution in [0.4, 0.5) is 11.9 Å². The highest BCUT2D eigenvalue weighted by Crippen LogP contribution is 2.38. The summed E-state index contributed by atoms with van der Waals surface area (Å²) in [4.78, 5) is 17.4. The fraction of sp³-hybridized carbons (Fsp3) is 0.222. The molecule has 0 fully saturated rings. The minimum atomic E-state index is -0.226. The van der Waals surface area contributed by atoms with Crippen LogP contribution in [-0.4, -0.2) is 34.9 Å². The van der Waals surface area contributed by atoms with E-state index in [0.717, 1.165) is 23.1 Å². The molecule has 3 aromatic carbocycles. The van der Waals surface area contributed by atoms with Crippen LogP contribution in [0.25, 0.3) is 0 Å². The van der Waals surface area contributed by atoms with Crippen LogP contribution in [0.1, 0.15) is 35.2 Å². The summed E-state index contributed by atoms with van der Waals surface area (Å²) in [6.07, 6.45) is 0.911. The van der Waals surface area contributed by atoms with Crippen LogP contribution in [0.15, 0.2) is 72.8 Å². The summed E-state index contributed by atoms with van der Waals surface area (Å²) >= 11 is 6.10. The first-order valence-electron chi connectivity index (χ1n) is 11.6. The number of anilines is 2. The molecule has 8 nitrogen and oxygen atoms in total. The first-order valence-corrected chi connectivity index (χ1v) is 12.0. The molecule has 1 aromatic heterocycles. The van der Waals surface area contributed by atoms with Crippen molar-refractivity contribution in [1.29, 1.82) is 0 Å². The molecule has 0 bridgehead atoms. The summed E-state index contributed by atoms with van der Waals surface area (Å²) < 4.78 is 12.4. The summed E-state index contributed by atoms with van der Waals surface area (Å²) in [5, 5.41) is 11.6. The minimum absolute atomic E-state index is 0.0134. The Kier molecular flexibility index (Phi) is 6.77. The third-order valence-electron chi connectivity index (χ3n) is 6.21. The molecule has 0 saturated carbocycles. The van der Waals surface area contributed by atoms with Gasteiger partial charge in [0.25, 0.3) is 5.95 Å². The first-order chi connectivity index (χ1) is 17.5. The summed E-state index contributed by atoms with van der Waals surface area (Å²) in [6, 6.07) is 23.3. The second-order valence-corrected chi connectivity index (χ2v) is 8.96. The number of carbonyl (C=O) groups is 1. The fourth-order valence-corrected chi connectivity index (χ4v) is 4.57. The van der Waals surface area contributed by atoms with Crippen LogP contribution < -0.4 is 20.1 Å². The van der Waals surface area contributed by atoms with Crippen molar-refractivity contribution in [2.75, 3.05) is 24.9 Å². The Morgan fingerprint density at radius 2 is 1.78 bits per heavy atom. The van der Waals surface area contributed by atoms with E-state index in [4.69, 9.17) is 21.1 Å². The van der Waals surface area contributed by atoms with E-state index in [-0.39, 0.29) is 30.4 Å². The molecule has 0 aliphatic carbocycles. The fourth-order valence-electron chi connectivity index (χ4n) is 4.44. The van der Waals surface area contributed by atoms with Gasteiger partial charge in [-0.05, 0) is 47.4 Å². The predicted molar refractivity (Wildman–Crippen MR) is 139 cm³/mol. The Balaban J connectivity index is 1.38. The molecule has 2 heterocycles. The quantitative estimate of drug-likeness (QED) is 0.357. The number of fused-ring (bicyclic) bond motifs is 1. The van der Waals surface area contributed by atoms with E-state index in [1.807, 2.05) is 53.2 Å². The van der Waals surface area contributed by atoms with E-state index in [9.17, 15) is 4.79 Å². The second-order valence-electron chi connectivity index (χ2n) is 8.53. The smallest absolute Gasteiger partial charge is 0.250 e. The van der Waals surface area contributed by atoms with Gasteiger partial charge >= 0.3 is 0 Å². The van der Waals surface area contributed by atoms with Gasteiger partial charge in [-0.1, -0.05) is 60.1 Å². The lowest BCUT2D eigenvalue weighted by Crippen LogP contribution is -2.28. The molecule has 9 heteroatoms. The summed E-state index contributed by atoms with van der Waals surface area (Å²) in [7, 11) is 3.14. The third kappa shape index (κ3) is 4.99. The Hall–Kier alpha value is -4.04. The summed E-state index contributed by atoms with van der Waals surface area (Å²) in [5.74, 6) is 1.80. The highest BCUT2D eigenvalue weighted by atomic mass is 35.5. The zero-order valence-corrected chi connectivity index (χ0v) is 20.7. The number of amides is 1. The molecular weight excluding hydrogens is 478 g/mol.